The molecule has 3 nitrogen and oxygen atoms in total. The lowest BCUT2D eigenvalue weighted by atomic mass is 9.85. The Labute approximate surface area is 136 Å². The van der Waals surface area contributed by atoms with Gasteiger partial charge in [-0.1, -0.05) is 69.3 Å². The maximum Gasteiger partial charge on any atom is 0.241 e. The smallest absolute Gasteiger partial charge is 0.241 e. The van der Waals surface area contributed by atoms with E-state index in [1.54, 1.807) is 0 Å². The first-order valence-corrected chi connectivity index (χ1v) is 7.91. The lowest BCUT2D eigenvalue weighted by Gasteiger charge is -2.26. The molecule has 1 aliphatic rings. The molecular weight excluding hydrogens is 286 g/mol. The van der Waals surface area contributed by atoms with Gasteiger partial charge in [0.15, 0.2) is 0 Å². The zero-order chi connectivity index (χ0) is 16.6. The van der Waals surface area contributed by atoms with Crippen molar-refractivity contribution in [3.8, 4) is 0 Å². The minimum atomic E-state index is -0.378. The third-order valence-electron chi connectivity index (χ3n) is 4.30. The molecule has 23 heavy (non-hydrogen) atoms. The summed E-state index contributed by atoms with van der Waals surface area (Å²) in [6.07, 6.45) is 0.237. The van der Waals surface area contributed by atoms with Crippen LogP contribution in [-0.2, 0) is 15.0 Å². The Balaban J connectivity index is 2.02. The molecule has 2 amide bonds. The van der Waals surface area contributed by atoms with Gasteiger partial charge in [-0.25, -0.2) is 4.90 Å². The summed E-state index contributed by atoms with van der Waals surface area (Å²) in [6.45, 7) is 6.27. The highest BCUT2D eigenvalue weighted by atomic mass is 16.2. The second-order valence-corrected chi connectivity index (χ2v) is 7.00. The number of nitrogens with zero attached hydrogens (tertiary/aromatic N) is 1. The quantitative estimate of drug-likeness (QED) is 0.786. The molecule has 1 fully saturated rings. The second kappa shape index (κ2) is 5.65. The maximum atomic E-state index is 12.9. The Bertz CT molecular complexity index is 744. The number of amides is 2. The minimum Gasteiger partial charge on any atom is -0.274 e. The van der Waals surface area contributed by atoms with Crippen molar-refractivity contribution < 1.29 is 9.59 Å². The summed E-state index contributed by atoms with van der Waals surface area (Å²) in [4.78, 5) is 26.8. The highest BCUT2D eigenvalue weighted by Gasteiger charge is 2.41. The van der Waals surface area contributed by atoms with Gasteiger partial charge in [0.1, 0.15) is 0 Å². The second-order valence-electron chi connectivity index (χ2n) is 7.00. The molecule has 0 aromatic heterocycles. The van der Waals surface area contributed by atoms with Crippen molar-refractivity contribution in [2.24, 2.45) is 0 Å². The summed E-state index contributed by atoms with van der Waals surface area (Å²) in [5.41, 5.74) is 2.49. The molecule has 0 N–H and O–H groups in total. The highest BCUT2D eigenvalue weighted by molar-refractivity contribution is 6.23. The van der Waals surface area contributed by atoms with Gasteiger partial charge in [0, 0.05) is 6.42 Å². The van der Waals surface area contributed by atoms with Gasteiger partial charge in [-0.3, -0.25) is 9.59 Å². The lowest BCUT2D eigenvalue weighted by Crippen LogP contribution is -2.32. The molecule has 3 heteroatoms. The zero-order valence-electron chi connectivity index (χ0n) is 13.7. The van der Waals surface area contributed by atoms with Crippen molar-refractivity contribution in [2.45, 2.75) is 38.5 Å². The van der Waals surface area contributed by atoms with E-state index in [0.29, 0.717) is 5.69 Å². The fourth-order valence-electron chi connectivity index (χ4n) is 3.13. The zero-order valence-corrected chi connectivity index (χ0v) is 13.7. The van der Waals surface area contributed by atoms with Crippen molar-refractivity contribution >= 4 is 17.5 Å². The third-order valence-corrected chi connectivity index (χ3v) is 4.30. The topological polar surface area (TPSA) is 37.4 Å². The number of hydrogen-bond donors (Lipinski definition) is 0. The van der Waals surface area contributed by atoms with Crippen LogP contribution in [0, 0.1) is 0 Å². The number of rotatable bonds is 2. The SMILES string of the molecule is CC(C)(C)c1ccccc1N1C(=O)C[C@H](c2ccccc2)C1=O. The Morgan fingerprint density at radius 2 is 1.52 bits per heavy atom. The number of carbonyl (C=O) groups excluding carboxylic acids is 2. The summed E-state index contributed by atoms with van der Waals surface area (Å²) in [7, 11) is 0. The largest absolute Gasteiger partial charge is 0.274 e. The fraction of sp³-hybridized carbons (Fsp3) is 0.300. The van der Waals surface area contributed by atoms with E-state index in [2.05, 4.69) is 20.8 Å². The molecule has 0 bridgehead atoms. The Hall–Kier alpha value is -2.42. The van der Waals surface area contributed by atoms with Gasteiger partial charge >= 0.3 is 0 Å². The summed E-state index contributed by atoms with van der Waals surface area (Å²) < 4.78 is 0. The Morgan fingerprint density at radius 3 is 2.17 bits per heavy atom. The van der Waals surface area contributed by atoms with Gasteiger partial charge in [0.2, 0.25) is 11.8 Å². The van der Waals surface area contributed by atoms with Crippen LogP contribution < -0.4 is 4.90 Å². The molecule has 118 valence electrons. The van der Waals surface area contributed by atoms with Crippen LogP contribution in [0.1, 0.15) is 44.2 Å². The number of carbonyl (C=O) groups is 2. The molecule has 0 unspecified atom stereocenters. The summed E-state index contributed by atoms with van der Waals surface area (Å²) in [6, 6.07) is 17.2. The first kappa shape index (κ1) is 15.5. The number of hydrogen-bond acceptors (Lipinski definition) is 2. The minimum absolute atomic E-state index is 0.124. The molecule has 3 rings (SSSR count). The molecule has 0 saturated carbocycles. The van der Waals surface area contributed by atoms with E-state index in [4.69, 9.17) is 0 Å². The van der Waals surface area contributed by atoms with Crippen LogP contribution >= 0.6 is 0 Å². The van der Waals surface area contributed by atoms with E-state index in [9.17, 15) is 9.59 Å². The van der Waals surface area contributed by atoms with Gasteiger partial charge in [-0.05, 0) is 22.6 Å². The first-order chi connectivity index (χ1) is 10.9. The van der Waals surface area contributed by atoms with Gasteiger partial charge in [-0.15, -0.1) is 0 Å². The number of benzene rings is 2. The van der Waals surface area contributed by atoms with Gasteiger partial charge < -0.3 is 0 Å². The number of para-hydroxylation sites is 1. The van der Waals surface area contributed by atoms with Crippen molar-refractivity contribution in [3.05, 3.63) is 65.7 Å². The van der Waals surface area contributed by atoms with Crippen molar-refractivity contribution in [3.63, 3.8) is 0 Å². The summed E-state index contributed by atoms with van der Waals surface area (Å²) in [5, 5.41) is 0. The van der Waals surface area contributed by atoms with E-state index in [-0.39, 0.29) is 29.6 Å². The van der Waals surface area contributed by atoms with E-state index in [1.165, 1.54) is 4.90 Å². The normalized spacial score (nSPS) is 18.6. The number of anilines is 1. The predicted octanol–water partition coefficient (Wildman–Crippen LogP) is 4.03. The van der Waals surface area contributed by atoms with Crippen LogP contribution in [0.15, 0.2) is 54.6 Å². The van der Waals surface area contributed by atoms with E-state index in [1.807, 2.05) is 54.6 Å². The molecule has 1 saturated heterocycles. The van der Waals surface area contributed by atoms with Crippen molar-refractivity contribution in [2.75, 3.05) is 4.90 Å². The van der Waals surface area contributed by atoms with Crippen LogP contribution in [0.4, 0.5) is 5.69 Å². The average Bonchev–Trinajstić information content (AvgIpc) is 2.82. The van der Waals surface area contributed by atoms with Crippen LogP contribution in [0.3, 0.4) is 0 Å². The predicted molar refractivity (Wildman–Crippen MR) is 91.4 cm³/mol. The molecule has 2 aromatic carbocycles. The monoisotopic (exact) mass is 307 g/mol. The van der Waals surface area contributed by atoms with Crippen LogP contribution in [0.2, 0.25) is 0 Å². The molecule has 1 aliphatic heterocycles. The first-order valence-electron chi connectivity index (χ1n) is 7.91. The van der Waals surface area contributed by atoms with Gasteiger partial charge in [-0.2, -0.15) is 0 Å². The summed E-state index contributed by atoms with van der Waals surface area (Å²) in [5.74, 6) is -0.629. The van der Waals surface area contributed by atoms with Crippen LogP contribution in [0.25, 0.3) is 0 Å². The molecule has 1 heterocycles. The number of imide groups is 1. The van der Waals surface area contributed by atoms with E-state index >= 15 is 0 Å². The van der Waals surface area contributed by atoms with Crippen LogP contribution in [-0.4, -0.2) is 11.8 Å². The third kappa shape index (κ3) is 2.79. The highest BCUT2D eigenvalue weighted by Crippen LogP contribution is 2.38. The molecular formula is C20H21NO2. The Morgan fingerprint density at radius 1 is 0.913 bits per heavy atom. The van der Waals surface area contributed by atoms with E-state index < -0.39 is 0 Å². The Kier molecular flexibility index (Phi) is 3.80. The summed E-state index contributed by atoms with van der Waals surface area (Å²) >= 11 is 0. The lowest BCUT2D eigenvalue weighted by molar-refractivity contribution is -0.121. The fourth-order valence-corrected chi connectivity index (χ4v) is 3.13. The van der Waals surface area contributed by atoms with Crippen molar-refractivity contribution in [1.29, 1.82) is 0 Å². The van der Waals surface area contributed by atoms with Crippen molar-refractivity contribution in [1.82, 2.24) is 0 Å². The molecule has 0 radical (unpaired) electrons. The van der Waals surface area contributed by atoms with Crippen LogP contribution in [0.5, 0.6) is 0 Å². The van der Waals surface area contributed by atoms with Gasteiger partial charge in [0.05, 0.1) is 11.6 Å². The standard InChI is InChI=1S/C20H21NO2/c1-20(2,3)16-11-7-8-12-17(16)21-18(22)13-15(19(21)23)14-9-5-4-6-10-14/h4-12,15H,13H2,1-3H3/t15-/m1/s1. The van der Waals surface area contributed by atoms with Gasteiger partial charge in [0.25, 0.3) is 0 Å². The molecule has 1 atom stereocenters. The molecule has 0 aliphatic carbocycles. The van der Waals surface area contributed by atoms with E-state index in [0.717, 1.165) is 11.1 Å². The maximum absolute atomic E-state index is 12.9. The molecule has 0 spiro atoms. The molecule has 2 aromatic rings. The average molecular weight is 307 g/mol.